The number of hydrogen-bond acceptors (Lipinski definition) is 4. The van der Waals surface area contributed by atoms with Crippen LogP contribution in [0.1, 0.15) is 0 Å². The van der Waals surface area contributed by atoms with E-state index in [0.717, 1.165) is 0 Å². The first kappa shape index (κ1) is 12.7. The molecule has 0 fully saturated rings. The highest BCUT2D eigenvalue weighted by Crippen LogP contribution is 2.16. The molecular formula is C11H11FN2O3S. The lowest BCUT2D eigenvalue weighted by Gasteiger charge is -2.07. The molecule has 0 bridgehead atoms. The van der Waals surface area contributed by atoms with Gasteiger partial charge in [-0.25, -0.2) is 17.8 Å². The fourth-order valence-corrected chi connectivity index (χ4v) is 2.66. The maximum Gasteiger partial charge on any atom is 0.232 e. The molecule has 1 N–H and O–H groups in total. The van der Waals surface area contributed by atoms with E-state index >= 15 is 0 Å². The summed E-state index contributed by atoms with van der Waals surface area (Å²) in [5.74, 6) is -0.883. The van der Waals surface area contributed by atoms with Gasteiger partial charge in [-0.05, 0) is 18.2 Å². The molecule has 0 spiro atoms. The molecule has 0 atom stereocenters. The van der Waals surface area contributed by atoms with Crippen molar-refractivity contribution in [3.63, 3.8) is 0 Å². The first-order valence-corrected chi connectivity index (χ1v) is 6.83. The van der Waals surface area contributed by atoms with Crippen molar-refractivity contribution in [2.24, 2.45) is 0 Å². The quantitative estimate of drug-likeness (QED) is 0.891. The van der Waals surface area contributed by atoms with Gasteiger partial charge in [0.2, 0.25) is 15.0 Å². The Morgan fingerprint density at radius 1 is 1.39 bits per heavy atom. The van der Waals surface area contributed by atoms with Gasteiger partial charge in [-0.15, -0.1) is 0 Å². The molecule has 1 heterocycles. The monoisotopic (exact) mass is 270 g/mol. The molecule has 0 saturated heterocycles. The second-order valence-electron chi connectivity index (χ2n) is 3.60. The summed E-state index contributed by atoms with van der Waals surface area (Å²) in [6.07, 6.45) is 2.74. The smallest absolute Gasteiger partial charge is 0.232 e. The molecule has 0 unspecified atom stereocenters. The third kappa shape index (κ3) is 2.41. The Hall–Kier alpha value is -1.73. The number of nitrogens with zero attached hydrogens (tertiary/aromatic N) is 2. The molecule has 0 amide bonds. The van der Waals surface area contributed by atoms with Crippen molar-refractivity contribution in [3.8, 4) is 5.69 Å². The normalized spacial score (nSPS) is 11.7. The van der Waals surface area contributed by atoms with E-state index in [9.17, 15) is 12.8 Å². The number of hydrogen-bond donors (Lipinski definition) is 1. The molecule has 2 aromatic rings. The summed E-state index contributed by atoms with van der Waals surface area (Å²) in [5.41, 5.74) is 0.365. The zero-order chi connectivity index (χ0) is 13.2. The minimum atomic E-state index is -3.68. The van der Waals surface area contributed by atoms with Gasteiger partial charge in [-0.3, -0.25) is 4.57 Å². The summed E-state index contributed by atoms with van der Waals surface area (Å²) in [6, 6.07) is 5.53. The van der Waals surface area contributed by atoms with Crippen molar-refractivity contribution < 1.29 is 17.9 Å². The van der Waals surface area contributed by atoms with Gasteiger partial charge >= 0.3 is 0 Å². The van der Waals surface area contributed by atoms with Crippen LogP contribution in [0, 0.1) is 5.82 Å². The zero-order valence-corrected chi connectivity index (χ0v) is 10.1. The maximum absolute atomic E-state index is 13.1. The van der Waals surface area contributed by atoms with Crippen molar-refractivity contribution in [2.75, 3.05) is 12.4 Å². The van der Waals surface area contributed by atoms with E-state index in [4.69, 9.17) is 5.11 Å². The van der Waals surface area contributed by atoms with Crippen LogP contribution in [-0.4, -0.2) is 35.4 Å². The van der Waals surface area contributed by atoms with Crippen molar-refractivity contribution in [3.05, 3.63) is 42.5 Å². The first-order chi connectivity index (χ1) is 8.54. The molecule has 5 nitrogen and oxygen atoms in total. The Morgan fingerprint density at radius 3 is 2.83 bits per heavy atom. The Morgan fingerprint density at radius 2 is 2.17 bits per heavy atom. The predicted molar refractivity (Wildman–Crippen MR) is 62.7 cm³/mol. The van der Waals surface area contributed by atoms with E-state index in [-0.39, 0.29) is 5.16 Å². The van der Waals surface area contributed by atoms with Gasteiger partial charge in [0, 0.05) is 12.4 Å². The fraction of sp³-hybridized carbons (Fsp3) is 0.182. The van der Waals surface area contributed by atoms with Gasteiger partial charge in [-0.1, -0.05) is 6.07 Å². The number of imidazole rings is 1. The van der Waals surface area contributed by atoms with Crippen molar-refractivity contribution in [2.45, 2.75) is 5.16 Å². The summed E-state index contributed by atoms with van der Waals surface area (Å²) in [6.45, 7) is -0.488. The molecule has 2 rings (SSSR count). The van der Waals surface area contributed by atoms with Gasteiger partial charge in [0.25, 0.3) is 0 Å². The lowest BCUT2D eigenvalue weighted by atomic mass is 10.3. The standard InChI is InChI=1S/C11H11FN2O3S/c12-9-2-1-3-10(8-9)14-5-4-13-11(14)18(16,17)7-6-15/h1-5,8,15H,6-7H2. The number of halogens is 1. The van der Waals surface area contributed by atoms with E-state index in [2.05, 4.69) is 4.98 Å². The molecule has 0 aliphatic heterocycles. The van der Waals surface area contributed by atoms with Crippen LogP contribution < -0.4 is 0 Å². The molecule has 18 heavy (non-hydrogen) atoms. The van der Waals surface area contributed by atoms with Gasteiger partial charge in [-0.2, -0.15) is 0 Å². The predicted octanol–water partition coefficient (Wildman–Crippen LogP) is 0.777. The summed E-state index contributed by atoms with van der Waals surface area (Å²) >= 11 is 0. The lowest BCUT2D eigenvalue weighted by Crippen LogP contribution is -2.15. The minimum Gasteiger partial charge on any atom is -0.395 e. The molecule has 0 radical (unpaired) electrons. The Labute approximate surface area is 103 Å². The Balaban J connectivity index is 2.52. The number of sulfone groups is 1. The Bertz CT molecular complexity index is 652. The summed E-state index contributed by atoms with van der Waals surface area (Å²) in [4.78, 5) is 3.75. The fourth-order valence-electron chi connectivity index (χ4n) is 1.55. The summed E-state index contributed by atoms with van der Waals surface area (Å²) < 4.78 is 38.1. The zero-order valence-electron chi connectivity index (χ0n) is 9.32. The topological polar surface area (TPSA) is 72.2 Å². The molecular weight excluding hydrogens is 259 g/mol. The van der Waals surface area contributed by atoms with Crippen LogP contribution in [0.5, 0.6) is 0 Å². The second-order valence-corrected chi connectivity index (χ2v) is 5.61. The Kier molecular flexibility index (Phi) is 3.44. The largest absolute Gasteiger partial charge is 0.395 e. The molecule has 0 aliphatic rings. The third-order valence-electron chi connectivity index (χ3n) is 2.33. The van der Waals surface area contributed by atoms with Crippen LogP contribution in [0.15, 0.2) is 41.8 Å². The van der Waals surface area contributed by atoms with E-state index in [1.165, 1.54) is 35.2 Å². The highest BCUT2D eigenvalue weighted by Gasteiger charge is 2.20. The van der Waals surface area contributed by atoms with Crippen molar-refractivity contribution in [1.82, 2.24) is 9.55 Å². The highest BCUT2D eigenvalue weighted by atomic mass is 32.2. The van der Waals surface area contributed by atoms with Crippen LogP contribution in [0.25, 0.3) is 5.69 Å². The van der Waals surface area contributed by atoms with Crippen LogP contribution in [0.3, 0.4) is 0 Å². The van der Waals surface area contributed by atoms with E-state index in [1.54, 1.807) is 6.07 Å². The van der Waals surface area contributed by atoms with Crippen LogP contribution in [0.2, 0.25) is 0 Å². The van der Waals surface area contributed by atoms with Gasteiger partial charge in [0.05, 0.1) is 18.0 Å². The van der Waals surface area contributed by atoms with E-state index < -0.39 is 28.0 Å². The highest BCUT2D eigenvalue weighted by molar-refractivity contribution is 7.91. The van der Waals surface area contributed by atoms with Crippen LogP contribution in [0.4, 0.5) is 4.39 Å². The average Bonchev–Trinajstić information content (AvgIpc) is 2.78. The van der Waals surface area contributed by atoms with E-state index in [0.29, 0.717) is 5.69 Å². The number of benzene rings is 1. The van der Waals surface area contributed by atoms with Gasteiger partial charge < -0.3 is 5.11 Å². The number of aromatic nitrogens is 2. The van der Waals surface area contributed by atoms with Crippen molar-refractivity contribution in [1.29, 1.82) is 0 Å². The SMILES string of the molecule is O=S(=O)(CCO)c1nccn1-c1cccc(F)c1. The summed E-state index contributed by atoms with van der Waals surface area (Å²) in [5, 5.41) is 8.52. The molecule has 0 saturated carbocycles. The first-order valence-electron chi connectivity index (χ1n) is 5.17. The number of aliphatic hydroxyl groups is 1. The van der Waals surface area contributed by atoms with Gasteiger partial charge in [0.1, 0.15) is 5.82 Å². The second kappa shape index (κ2) is 4.87. The molecule has 7 heteroatoms. The van der Waals surface area contributed by atoms with Crippen molar-refractivity contribution >= 4 is 9.84 Å². The van der Waals surface area contributed by atoms with E-state index in [1.807, 2.05) is 0 Å². The van der Waals surface area contributed by atoms with Crippen LogP contribution in [-0.2, 0) is 9.84 Å². The molecule has 1 aromatic heterocycles. The minimum absolute atomic E-state index is 0.206. The van der Waals surface area contributed by atoms with Crippen LogP contribution >= 0.6 is 0 Å². The molecule has 96 valence electrons. The third-order valence-corrected chi connectivity index (χ3v) is 3.91. The number of aliphatic hydroxyl groups excluding tert-OH is 1. The lowest BCUT2D eigenvalue weighted by molar-refractivity contribution is 0.319. The molecule has 0 aliphatic carbocycles. The summed E-state index contributed by atoms with van der Waals surface area (Å²) in [7, 11) is -3.68. The molecule has 1 aromatic carbocycles. The maximum atomic E-state index is 13.1. The average molecular weight is 270 g/mol. The van der Waals surface area contributed by atoms with Gasteiger partial charge in [0.15, 0.2) is 0 Å². The number of rotatable bonds is 4.